The number of hydrogen-bond donors (Lipinski definition) is 2. The number of likely N-dealkylation sites (tertiary alicyclic amines) is 1. The van der Waals surface area contributed by atoms with Crippen molar-refractivity contribution in [2.24, 2.45) is 17.3 Å². The first-order valence-corrected chi connectivity index (χ1v) is 14.2. The third-order valence-corrected chi connectivity index (χ3v) is 8.35. The van der Waals surface area contributed by atoms with Gasteiger partial charge in [0.15, 0.2) is 0 Å². The number of amides is 3. The van der Waals surface area contributed by atoms with E-state index in [1.165, 1.54) is 0 Å². The molecule has 3 heterocycles. The molecule has 3 fully saturated rings. The third kappa shape index (κ3) is 6.68. The van der Waals surface area contributed by atoms with Crippen molar-refractivity contribution in [2.45, 2.75) is 78.4 Å². The van der Waals surface area contributed by atoms with Crippen LogP contribution < -0.4 is 10.2 Å². The van der Waals surface area contributed by atoms with E-state index in [9.17, 15) is 24.3 Å². The normalized spacial score (nSPS) is 25.4. The summed E-state index contributed by atoms with van der Waals surface area (Å²) in [6.07, 6.45) is 3.07. The van der Waals surface area contributed by atoms with Gasteiger partial charge in [-0.25, -0.2) is 9.59 Å². The van der Waals surface area contributed by atoms with Crippen LogP contribution in [0, 0.1) is 29.1 Å². The summed E-state index contributed by atoms with van der Waals surface area (Å²) in [6.45, 7) is 9.05. The maximum Gasteiger partial charge on any atom is 0.410 e. The van der Waals surface area contributed by atoms with Crippen LogP contribution in [-0.2, 0) is 14.3 Å². The molecule has 0 radical (unpaired) electrons. The van der Waals surface area contributed by atoms with Gasteiger partial charge in [-0.2, -0.15) is 0 Å². The summed E-state index contributed by atoms with van der Waals surface area (Å²) in [4.78, 5) is 54.5. The molecule has 1 aliphatic carbocycles. The van der Waals surface area contributed by atoms with Crippen molar-refractivity contribution in [3.63, 3.8) is 0 Å². The Hall–Kier alpha value is -3.06. The van der Waals surface area contributed by atoms with Gasteiger partial charge in [-0.3, -0.25) is 9.59 Å². The molecule has 9 nitrogen and oxygen atoms in total. The van der Waals surface area contributed by atoms with Crippen molar-refractivity contribution in [3.8, 4) is 11.8 Å². The van der Waals surface area contributed by atoms with Gasteiger partial charge < -0.3 is 25.0 Å². The Bertz CT molecular complexity index is 1150. The zero-order valence-corrected chi connectivity index (χ0v) is 23.4. The average molecular weight is 544 g/mol. The predicted octanol–water partition coefficient (Wildman–Crippen LogP) is 4.10. The fraction of sp³-hybridized carbons (Fsp3) is 0.643. The number of rotatable bonds is 5. The summed E-state index contributed by atoms with van der Waals surface area (Å²) in [7, 11) is 0. The molecule has 0 bridgehead atoms. The fourth-order valence-electron chi connectivity index (χ4n) is 5.22. The maximum atomic E-state index is 14.0. The maximum absolute atomic E-state index is 14.0. The molecule has 1 aromatic rings. The van der Waals surface area contributed by atoms with Crippen LogP contribution >= 0.6 is 11.3 Å². The van der Waals surface area contributed by atoms with E-state index in [1.54, 1.807) is 15.9 Å². The Labute approximate surface area is 227 Å². The minimum Gasteiger partial charge on any atom is -0.477 e. The topological polar surface area (TPSA) is 116 Å². The standard InChI is InChI=1S/C28H37N3O6S/c1-17-5-7-18(8-6-17)25(33)31(22-14-21(9-11-28(2,3)4)38-24(22)26(34)35)19-10-12-30(16-19)27(36)37-20-13-23(32)29-15-20/h14,17-20H,5-8,10,12-13,15-16H2,1-4H3,(H,29,32)(H,34,35)/t17-,18-,19-,20?/m1/s1. The lowest BCUT2D eigenvalue weighted by Crippen LogP contribution is -2.47. The number of carboxylic acid groups (broad SMARTS) is 1. The van der Waals surface area contributed by atoms with Crippen LogP contribution in [0.2, 0.25) is 0 Å². The highest BCUT2D eigenvalue weighted by Gasteiger charge is 2.40. The van der Waals surface area contributed by atoms with Gasteiger partial charge in [0.25, 0.3) is 0 Å². The van der Waals surface area contributed by atoms with Crippen molar-refractivity contribution < 1.29 is 29.0 Å². The van der Waals surface area contributed by atoms with Gasteiger partial charge in [-0.05, 0) is 64.9 Å². The minimum atomic E-state index is -1.10. The zero-order chi connectivity index (χ0) is 27.6. The van der Waals surface area contributed by atoms with E-state index >= 15 is 0 Å². The molecule has 2 saturated heterocycles. The number of carbonyl (C=O) groups excluding carboxylic acids is 3. The first kappa shape index (κ1) is 28.0. The Morgan fingerprint density at radius 3 is 2.50 bits per heavy atom. The van der Waals surface area contributed by atoms with Crippen LogP contribution in [0.1, 0.15) is 80.8 Å². The first-order chi connectivity index (χ1) is 17.9. The Kier molecular flexibility index (Phi) is 8.36. The Morgan fingerprint density at radius 2 is 1.89 bits per heavy atom. The van der Waals surface area contributed by atoms with Crippen LogP contribution in [-0.4, -0.2) is 65.7 Å². The predicted molar refractivity (Wildman–Crippen MR) is 144 cm³/mol. The van der Waals surface area contributed by atoms with E-state index in [0.29, 0.717) is 36.0 Å². The summed E-state index contributed by atoms with van der Waals surface area (Å²) in [6, 6.07) is 1.33. The molecule has 0 aromatic carbocycles. The molecule has 1 aromatic heterocycles. The number of carboxylic acids is 1. The molecule has 206 valence electrons. The number of thiophene rings is 1. The summed E-state index contributed by atoms with van der Waals surface area (Å²) in [5, 5.41) is 12.7. The second-order valence-electron chi connectivity index (χ2n) is 11.7. The van der Waals surface area contributed by atoms with Gasteiger partial charge in [0.05, 0.1) is 29.6 Å². The summed E-state index contributed by atoms with van der Waals surface area (Å²) >= 11 is 1.08. The number of nitrogens with one attached hydrogen (secondary N) is 1. The van der Waals surface area contributed by atoms with Crippen molar-refractivity contribution >= 4 is 40.9 Å². The van der Waals surface area contributed by atoms with Gasteiger partial charge >= 0.3 is 12.1 Å². The number of anilines is 1. The van der Waals surface area contributed by atoms with Gasteiger partial charge in [-0.15, -0.1) is 11.3 Å². The fourth-order valence-corrected chi connectivity index (χ4v) is 6.06. The summed E-state index contributed by atoms with van der Waals surface area (Å²) in [5.74, 6) is 5.28. The molecule has 2 atom stereocenters. The largest absolute Gasteiger partial charge is 0.477 e. The summed E-state index contributed by atoms with van der Waals surface area (Å²) < 4.78 is 5.51. The monoisotopic (exact) mass is 543 g/mol. The van der Waals surface area contributed by atoms with Crippen LogP contribution in [0.5, 0.6) is 0 Å². The molecular formula is C28H37N3O6S. The second kappa shape index (κ2) is 11.4. The van der Waals surface area contributed by atoms with Crippen LogP contribution in [0.3, 0.4) is 0 Å². The van der Waals surface area contributed by atoms with E-state index in [1.807, 2.05) is 20.8 Å². The van der Waals surface area contributed by atoms with E-state index in [-0.39, 0.29) is 47.0 Å². The lowest BCUT2D eigenvalue weighted by atomic mass is 9.82. The third-order valence-electron chi connectivity index (χ3n) is 7.32. The number of ether oxygens (including phenoxy) is 1. The summed E-state index contributed by atoms with van der Waals surface area (Å²) in [5.41, 5.74) is 0.100. The van der Waals surface area contributed by atoms with Crippen molar-refractivity contribution in [1.29, 1.82) is 0 Å². The van der Waals surface area contributed by atoms with Gasteiger partial charge in [-0.1, -0.05) is 18.8 Å². The SMILES string of the molecule is CC(C)(C)C#Cc1cc(N(C(=O)[C@H]2CC[C@H](C)CC2)[C@@H]2CCN(C(=O)OC3CNC(=O)C3)C2)c(C(=O)O)s1. The zero-order valence-electron chi connectivity index (χ0n) is 22.5. The number of carbonyl (C=O) groups is 4. The lowest BCUT2D eigenvalue weighted by molar-refractivity contribution is -0.124. The van der Waals surface area contributed by atoms with Crippen molar-refractivity contribution in [2.75, 3.05) is 24.5 Å². The molecule has 1 unspecified atom stereocenters. The van der Waals surface area contributed by atoms with Gasteiger partial charge in [0.2, 0.25) is 11.8 Å². The van der Waals surface area contributed by atoms with Crippen molar-refractivity contribution in [3.05, 3.63) is 15.8 Å². The van der Waals surface area contributed by atoms with Crippen LogP contribution in [0.4, 0.5) is 10.5 Å². The van der Waals surface area contributed by atoms with E-state index in [2.05, 4.69) is 24.1 Å². The molecule has 2 N–H and O–H groups in total. The molecule has 3 amide bonds. The molecule has 3 aliphatic rings. The van der Waals surface area contributed by atoms with E-state index in [0.717, 1.165) is 37.0 Å². The number of hydrogen-bond acceptors (Lipinski definition) is 6. The Morgan fingerprint density at radius 1 is 1.18 bits per heavy atom. The molecule has 1 saturated carbocycles. The molecular weight excluding hydrogens is 506 g/mol. The number of nitrogens with zero attached hydrogens (tertiary/aromatic N) is 2. The van der Waals surface area contributed by atoms with Crippen LogP contribution in [0.25, 0.3) is 0 Å². The molecule has 10 heteroatoms. The van der Waals surface area contributed by atoms with E-state index in [4.69, 9.17) is 4.74 Å². The van der Waals surface area contributed by atoms with Crippen LogP contribution in [0.15, 0.2) is 6.07 Å². The average Bonchev–Trinajstić information content (AvgIpc) is 3.58. The smallest absolute Gasteiger partial charge is 0.410 e. The molecule has 2 aliphatic heterocycles. The number of aromatic carboxylic acids is 1. The highest BCUT2D eigenvalue weighted by molar-refractivity contribution is 7.15. The van der Waals surface area contributed by atoms with Gasteiger partial charge in [0, 0.05) is 24.4 Å². The highest BCUT2D eigenvalue weighted by atomic mass is 32.1. The molecule has 4 rings (SSSR count). The first-order valence-electron chi connectivity index (χ1n) is 13.4. The van der Waals surface area contributed by atoms with Gasteiger partial charge in [0.1, 0.15) is 11.0 Å². The minimum absolute atomic E-state index is 0.0808. The molecule has 38 heavy (non-hydrogen) atoms. The van der Waals surface area contributed by atoms with E-state index < -0.39 is 18.2 Å². The highest BCUT2D eigenvalue weighted by Crippen LogP contribution is 2.38. The quantitative estimate of drug-likeness (QED) is 0.540. The van der Waals surface area contributed by atoms with Crippen molar-refractivity contribution in [1.82, 2.24) is 10.2 Å². The molecule has 0 spiro atoms. The second-order valence-corrected chi connectivity index (χ2v) is 12.7. The lowest BCUT2D eigenvalue weighted by Gasteiger charge is -2.34. The Balaban J connectivity index is 1.61.